The van der Waals surface area contributed by atoms with E-state index in [1.165, 1.54) is 0 Å². The van der Waals surface area contributed by atoms with Crippen LogP contribution in [-0.4, -0.2) is 61.8 Å². The summed E-state index contributed by atoms with van der Waals surface area (Å²) in [7, 11) is -7.25. The monoisotopic (exact) mass is 725 g/mol. The zero-order valence-electron chi connectivity index (χ0n) is 30.6. The van der Waals surface area contributed by atoms with Gasteiger partial charge in [0.1, 0.15) is 18.4 Å². The first-order chi connectivity index (χ1) is 23.9. The van der Waals surface area contributed by atoms with Crippen LogP contribution in [0.4, 0.5) is 4.79 Å². The Kier molecular flexibility index (Phi) is 14.5. The van der Waals surface area contributed by atoms with Crippen molar-refractivity contribution >= 4 is 32.6 Å². The average molecular weight is 726 g/mol. The van der Waals surface area contributed by atoms with E-state index in [4.69, 9.17) is 23.0 Å². The van der Waals surface area contributed by atoms with Crippen LogP contribution in [0.2, 0.25) is 5.04 Å². The minimum absolute atomic E-state index is 0.103. The molecule has 1 amide bonds. The van der Waals surface area contributed by atoms with Gasteiger partial charge in [-0.05, 0) is 60.5 Å². The van der Waals surface area contributed by atoms with E-state index < -0.39 is 45.1 Å². The summed E-state index contributed by atoms with van der Waals surface area (Å²) in [6.07, 6.45) is 2.97. The molecular formula is C39H56NO8PSi. The number of phosphoric ester groups is 1. The Hall–Kier alpha value is -2.82. The lowest BCUT2D eigenvalue weighted by Crippen LogP contribution is -2.65. The zero-order valence-corrected chi connectivity index (χ0v) is 32.5. The van der Waals surface area contributed by atoms with Crippen LogP contribution in [0.25, 0.3) is 0 Å². The molecule has 1 aliphatic heterocycles. The Morgan fingerprint density at radius 1 is 0.860 bits per heavy atom. The molecule has 1 aliphatic rings. The van der Waals surface area contributed by atoms with Gasteiger partial charge < -0.3 is 14.3 Å². The van der Waals surface area contributed by atoms with Crippen LogP contribution in [0.3, 0.4) is 0 Å². The molecule has 3 aromatic rings. The highest BCUT2D eigenvalue weighted by Gasteiger charge is 2.54. The molecular weight excluding hydrogens is 669 g/mol. The minimum Gasteiger partial charge on any atom is -0.444 e. The van der Waals surface area contributed by atoms with E-state index in [1.807, 2.05) is 119 Å². The number of benzene rings is 3. The number of ether oxygens (including phenoxy) is 2. The number of unbranched alkanes of at least 4 members (excludes halogenated alkanes) is 2. The number of hydrogen-bond donors (Lipinski definition) is 1. The van der Waals surface area contributed by atoms with Crippen LogP contribution in [0.5, 0.6) is 0 Å². The first-order valence-corrected chi connectivity index (χ1v) is 21.3. The smallest absolute Gasteiger partial charge is 0.444 e. The second-order valence-corrected chi connectivity index (χ2v) is 19.7. The van der Waals surface area contributed by atoms with E-state index in [9.17, 15) is 14.2 Å². The molecule has 0 spiro atoms. The van der Waals surface area contributed by atoms with E-state index in [1.54, 1.807) is 4.90 Å². The van der Waals surface area contributed by atoms with Crippen LogP contribution < -0.4 is 10.4 Å². The van der Waals surface area contributed by atoms with Crippen LogP contribution >= 0.6 is 7.82 Å². The molecule has 2 atom stereocenters. The van der Waals surface area contributed by atoms with Gasteiger partial charge in [-0.1, -0.05) is 132 Å². The third-order valence-corrected chi connectivity index (χ3v) is 15.5. The second-order valence-electron chi connectivity index (χ2n) is 14.1. The Labute approximate surface area is 300 Å². The summed E-state index contributed by atoms with van der Waals surface area (Å²) in [5.41, 5.74) is -0.202. The van der Waals surface area contributed by atoms with E-state index in [2.05, 4.69) is 13.8 Å². The summed E-state index contributed by atoms with van der Waals surface area (Å²) in [5.74, 6) is 0. The van der Waals surface area contributed by atoms with Gasteiger partial charge in [-0.25, -0.2) is 9.36 Å². The van der Waals surface area contributed by atoms with Gasteiger partial charge in [0.25, 0.3) is 8.32 Å². The van der Waals surface area contributed by atoms with Gasteiger partial charge in [0.05, 0.1) is 25.9 Å². The highest BCUT2D eigenvalue weighted by Crippen LogP contribution is 2.51. The van der Waals surface area contributed by atoms with Gasteiger partial charge in [-0.3, -0.25) is 18.5 Å². The van der Waals surface area contributed by atoms with Gasteiger partial charge in [0.2, 0.25) is 0 Å². The molecule has 0 aromatic heterocycles. The molecule has 0 bridgehead atoms. The van der Waals surface area contributed by atoms with Crippen LogP contribution in [0, 0.1) is 0 Å². The van der Waals surface area contributed by atoms with E-state index in [0.717, 1.165) is 28.8 Å². The second kappa shape index (κ2) is 18.1. The summed E-state index contributed by atoms with van der Waals surface area (Å²) in [6, 6.07) is 28.7. The fourth-order valence-electron chi connectivity index (χ4n) is 6.59. The summed E-state index contributed by atoms with van der Waals surface area (Å²) in [4.78, 5) is 28.4. The molecule has 11 heteroatoms. The van der Waals surface area contributed by atoms with Crippen LogP contribution in [-0.2, 0) is 34.2 Å². The van der Waals surface area contributed by atoms with Gasteiger partial charge in [0.15, 0.2) is 0 Å². The first kappa shape index (κ1) is 40.0. The van der Waals surface area contributed by atoms with Crippen molar-refractivity contribution in [3.8, 4) is 0 Å². The molecule has 0 saturated carbocycles. The summed E-state index contributed by atoms with van der Waals surface area (Å²) >= 11 is 0. The molecule has 0 aliphatic carbocycles. The fourth-order valence-corrected chi connectivity index (χ4v) is 11.6. The predicted molar refractivity (Wildman–Crippen MR) is 200 cm³/mol. The first-order valence-electron chi connectivity index (χ1n) is 17.9. The Morgan fingerprint density at radius 3 is 1.86 bits per heavy atom. The van der Waals surface area contributed by atoms with Gasteiger partial charge in [-0.2, -0.15) is 0 Å². The topological polar surface area (TPSA) is 104 Å². The van der Waals surface area contributed by atoms with Crippen LogP contribution in [0.15, 0.2) is 91.0 Å². The number of hydrogen-bond acceptors (Lipinski definition) is 8. The lowest BCUT2D eigenvalue weighted by Gasteiger charge is -2.42. The molecule has 9 nitrogen and oxygen atoms in total. The fraction of sp³-hybridized carbons (Fsp3) is 0.513. The lowest BCUT2D eigenvalue weighted by molar-refractivity contribution is -0.0809. The van der Waals surface area contributed by atoms with Crippen molar-refractivity contribution < 1.29 is 37.2 Å². The van der Waals surface area contributed by atoms with Gasteiger partial charge in [-0.15, -0.1) is 0 Å². The van der Waals surface area contributed by atoms with Gasteiger partial charge >= 0.3 is 13.9 Å². The predicted octanol–water partition coefficient (Wildman–Crippen LogP) is 8.20. The third kappa shape index (κ3) is 9.94. The molecule has 1 fully saturated rings. The number of phosphoric acid groups is 1. The highest BCUT2D eigenvalue weighted by atomic mass is 31.2. The number of carbonyl (C=O) groups excluding carboxylic acids is 1. The van der Waals surface area contributed by atoms with E-state index in [0.29, 0.717) is 25.7 Å². The van der Waals surface area contributed by atoms with Gasteiger partial charge in [0, 0.05) is 0 Å². The molecule has 1 saturated heterocycles. The number of rotatable bonds is 19. The van der Waals surface area contributed by atoms with E-state index >= 15 is 0 Å². The maximum Gasteiger partial charge on any atom is 0.474 e. The van der Waals surface area contributed by atoms with Crippen molar-refractivity contribution in [3.05, 3.63) is 96.6 Å². The average Bonchev–Trinajstić information content (AvgIpc) is 3.38. The molecule has 274 valence electrons. The third-order valence-electron chi connectivity index (χ3n) is 9.50. The zero-order chi connectivity index (χ0) is 36.3. The minimum atomic E-state index is -3.90. The standard InChI is InChI=1S/C39H56NO8PSi/c1-7-9-28-45-49(42,46-29-10-8-2)47-31-36-35(40(39(5,6)48-36)37(41)44-30-32-20-14-11-15-21-32)26-27-38(3,4)50(43,33-22-16-12-17-23-33)34-24-18-13-19-25-34/h11-25,35-36,43H,7-10,26-31H2,1-6H3/t35-,36-/m1/s1. The molecule has 0 radical (unpaired) electrons. The largest absolute Gasteiger partial charge is 0.474 e. The van der Waals surface area contributed by atoms with Crippen LogP contribution in [0.1, 0.15) is 85.6 Å². The molecule has 1 N–H and O–H groups in total. The molecule has 3 aromatic carbocycles. The number of nitrogens with zero attached hydrogens (tertiary/aromatic N) is 1. The number of carbonyl (C=O) groups is 1. The maximum atomic E-state index is 13.9. The summed E-state index contributed by atoms with van der Waals surface area (Å²) < 4.78 is 43.6. The highest BCUT2D eigenvalue weighted by molar-refractivity contribution is 7.48. The quantitative estimate of drug-likeness (QED) is 0.0750. The lowest BCUT2D eigenvalue weighted by atomic mass is 9.98. The summed E-state index contributed by atoms with van der Waals surface area (Å²) in [6.45, 7) is 12.4. The molecule has 4 rings (SSSR count). The van der Waals surface area contributed by atoms with Crippen molar-refractivity contribution in [2.24, 2.45) is 0 Å². The Bertz CT molecular complexity index is 1450. The number of amides is 1. The normalized spacial score (nSPS) is 17.9. The van der Waals surface area contributed by atoms with Crippen molar-refractivity contribution in [2.45, 2.75) is 110 Å². The Balaban J connectivity index is 1.64. The maximum absolute atomic E-state index is 13.9. The van der Waals surface area contributed by atoms with E-state index in [-0.39, 0.29) is 26.4 Å². The van der Waals surface area contributed by atoms with Crippen molar-refractivity contribution in [2.75, 3.05) is 19.8 Å². The molecule has 50 heavy (non-hydrogen) atoms. The Morgan fingerprint density at radius 2 is 1.36 bits per heavy atom. The molecule has 1 heterocycles. The van der Waals surface area contributed by atoms with Crippen molar-refractivity contribution in [1.29, 1.82) is 0 Å². The van der Waals surface area contributed by atoms with Crippen molar-refractivity contribution in [1.82, 2.24) is 4.90 Å². The van der Waals surface area contributed by atoms with Crippen molar-refractivity contribution in [3.63, 3.8) is 0 Å². The molecule has 0 unspecified atom stereocenters. The SMILES string of the molecule is CCCCOP(=O)(OCCCC)OC[C@H]1OC(C)(C)N(C(=O)OCc2ccccc2)[C@@H]1CCC(C)(C)[Si](O)(c1ccccc1)c1ccccc1. The summed E-state index contributed by atoms with van der Waals surface area (Å²) in [5, 5.41) is 1.23.